The van der Waals surface area contributed by atoms with Crippen LogP contribution in [0.5, 0.6) is 0 Å². The Hall–Kier alpha value is -1.69. The number of aromatic nitrogens is 2. The number of amides is 1. The topological polar surface area (TPSA) is 64.0 Å². The van der Waals surface area contributed by atoms with Crippen LogP contribution in [-0.2, 0) is 7.05 Å². The van der Waals surface area contributed by atoms with E-state index < -0.39 is 0 Å². The monoisotopic (exact) mass is 305 g/mol. The van der Waals surface area contributed by atoms with Crippen LogP contribution >= 0.6 is 11.3 Å². The zero-order chi connectivity index (χ0) is 15.0. The first kappa shape index (κ1) is 14.3. The average Bonchev–Trinajstić information content (AvgIpc) is 2.82. The van der Waals surface area contributed by atoms with Gasteiger partial charge in [0.2, 0.25) is 0 Å². The fourth-order valence-corrected chi connectivity index (χ4v) is 3.97. The zero-order valence-electron chi connectivity index (χ0n) is 12.3. The fraction of sp³-hybridized carbons (Fsp3) is 0.533. The minimum Gasteiger partial charge on any atom is -0.349 e. The number of aryl methyl sites for hydroxylation is 2. The van der Waals surface area contributed by atoms with E-state index in [2.05, 4.69) is 10.3 Å². The van der Waals surface area contributed by atoms with E-state index >= 15 is 0 Å². The maximum Gasteiger partial charge on any atom is 0.262 e. The molecule has 1 fully saturated rings. The van der Waals surface area contributed by atoms with Gasteiger partial charge in [-0.3, -0.25) is 9.59 Å². The van der Waals surface area contributed by atoms with Gasteiger partial charge in [-0.15, -0.1) is 11.3 Å². The van der Waals surface area contributed by atoms with E-state index in [4.69, 9.17) is 0 Å². The first-order valence-corrected chi connectivity index (χ1v) is 8.15. The molecule has 0 bridgehead atoms. The van der Waals surface area contributed by atoms with E-state index in [1.54, 1.807) is 7.05 Å². The maximum atomic E-state index is 12.5. The van der Waals surface area contributed by atoms with E-state index in [0.29, 0.717) is 15.1 Å². The minimum absolute atomic E-state index is 0.0653. The Balaban J connectivity index is 1.93. The lowest BCUT2D eigenvalue weighted by molar-refractivity contribution is 0.0931. The van der Waals surface area contributed by atoms with Crippen molar-refractivity contribution in [1.29, 1.82) is 0 Å². The van der Waals surface area contributed by atoms with Crippen LogP contribution in [0, 0.1) is 6.92 Å². The molecule has 0 atom stereocenters. The van der Waals surface area contributed by atoms with Gasteiger partial charge in [-0.25, -0.2) is 4.98 Å². The molecule has 2 aromatic rings. The van der Waals surface area contributed by atoms with Gasteiger partial charge in [0.25, 0.3) is 11.5 Å². The first-order valence-electron chi connectivity index (χ1n) is 7.33. The third-order valence-electron chi connectivity index (χ3n) is 4.16. The van der Waals surface area contributed by atoms with Gasteiger partial charge < -0.3 is 9.88 Å². The Labute approximate surface area is 127 Å². The summed E-state index contributed by atoms with van der Waals surface area (Å²) >= 11 is 1.31. The molecular weight excluding hydrogens is 286 g/mol. The van der Waals surface area contributed by atoms with Crippen molar-refractivity contribution in [1.82, 2.24) is 14.9 Å². The molecule has 0 aromatic carbocycles. The van der Waals surface area contributed by atoms with Gasteiger partial charge in [0.15, 0.2) is 0 Å². The molecule has 1 amide bonds. The third kappa shape index (κ3) is 2.60. The highest BCUT2D eigenvalue weighted by Crippen LogP contribution is 2.27. The predicted molar refractivity (Wildman–Crippen MR) is 83.9 cm³/mol. The highest BCUT2D eigenvalue weighted by atomic mass is 32.1. The van der Waals surface area contributed by atoms with E-state index in [1.165, 1.54) is 41.5 Å². The van der Waals surface area contributed by atoms with Crippen LogP contribution in [-0.4, -0.2) is 21.5 Å². The van der Waals surface area contributed by atoms with Crippen molar-refractivity contribution < 1.29 is 4.79 Å². The number of thiophene rings is 1. The predicted octanol–water partition coefficient (Wildman–Crippen LogP) is 2.37. The lowest BCUT2D eigenvalue weighted by Crippen LogP contribution is -2.36. The highest BCUT2D eigenvalue weighted by molar-refractivity contribution is 7.20. The lowest BCUT2D eigenvalue weighted by atomic mass is 9.95. The molecule has 0 aliphatic heterocycles. The quantitative estimate of drug-likeness (QED) is 0.926. The van der Waals surface area contributed by atoms with Gasteiger partial charge in [0, 0.05) is 13.1 Å². The summed E-state index contributed by atoms with van der Waals surface area (Å²) in [5, 5.41) is 3.67. The molecule has 112 valence electrons. The second-order valence-electron chi connectivity index (χ2n) is 5.71. The first-order chi connectivity index (χ1) is 10.1. The molecule has 1 N–H and O–H groups in total. The fourth-order valence-electron chi connectivity index (χ4n) is 2.92. The maximum absolute atomic E-state index is 12.5. The van der Waals surface area contributed by atoms with Crippen LogP contribution in [0.1, 0.15) is 47.3 Å². The van der Waals surface area contributed by atoms with Gasteiger partial charge in [0.1, 0.15) is 4.83 Å². The molecule has 2 aromatic heterocycles. The van der Waals surface area contributed by atoms with Crippen LogP contribution in [0.2, 0.25) is 0 Å². The number of hydrogen-bond acceptors (Lipinski definition) is 4. The van der Waals surface area contributed by atoms with Crippen LogP contribution in [0.25, 0.3) is 10.2 Å². The second-order valence-corrected chi connectivity index (χ2v) is 6.70. The van der Waals surface area contributed by atoms with E-state index in [9.17, 15) is 9.59 Å². The average molecular weight is 305 g/mol. The van der Waals surface area contributed by atoms with Crippen LogP contribution in [0.4, 0.5) is 0 Å². The molecule has 6 heteroatoms. The molecular formula is C15H19N3O2S. The van der Waals surface area contributed by atoms with Gasteiger partial charge in [-0.1, -0.05) is 19.3 Å². The minimum atomic E-state index is -0.0922. The van der Waals surface area contributed by atoms with E-state index in [1.807, 2.05) is 6.92 Å². The Morgan fingerprint density at radius 3 is 2.81 bits per heavy atom. The summed E-state index contributed by atoms with van der Waals surface area (Å²) in [5.41, 5.74) is 0.655. The summed E-state index contributed by atoms with van der Waals surface area (Å²) < 4.78 is 1.45. The Kier molecular flexibility index (Phi) is 3.80. The van der Waals surface area contributed by atoms with Crippen molar-refractivity contribution in [2.45, 2.75) is 45.1 Å². The molecule has 5 nitrogen and oxygen atoms in total. The molecule has 3 rings (SSSR count). The molecule has 0 unspecified atom stereocenters. The zero-order valence-corrected chi connectivity index (χ0v) is 13.1. The van der Waals surface area contributed by atoms with Gasteiger partial charge in [-0.2, -0.15) is 0 Å². The third-order valence-corrected chi connectivity index (χ3v) is 5.36. The van der Waals surface area contributed by atoms with Gasteiger partial charge in [0.05, 0.1) is 16.6 Å². The normalized spacial score (nSPS) is 16.3. The summed E-state index contributed by atoms with van der Waals surface area (Å²) in [4.78, 5) is 30.1. The lowest BCUT2D eigenvalue weighted by Gasteiger charge is -2.22. The molecule has 0 spiro atoms. The Morgan fingerprint density at radius 2 is 2.10 bits per heavy atom. The SMILES string of the molecule is Cc1c(C(=O)NC2CCCCC2)sc2ncn(C)c(=O)c12. The number of carbonyl (C=O) groups excluding carboxylic acids is 1. The van der Waals surface area contributed by atoms with Crippen molar-refractivity contribution in [3.63, 3.8) is 0 Å². The second kappa shape index (κ2) is 5.60. The van der Waals surface area contributed by atoms with Crippen molar-refractivity contribution >= 4 is 27.5 Å². The van der Waals surface area contributed by atoms with Crippen molar-refractivity contribution in [2.24, 2.45) is 7.05 Å². The number of nitrogens with one attached hydrogen (secondary N) is 1. The molecule has 0 saturated heterocycles. The van der Waals surface area contributed by atoms with Crippen molar-refractivity contribution in [3.8, 4) is 0 Å². The number of nitrogens with zero attached hydrogens (tertiary/aromatic N) is 2. The summed E-state index contributed by atoms with van der Waals surface area (Å²) in [6.07, 6.45) is 7.22. The highest BCUT2D eigenvalue weighted by Gasteiger charge is 2.22. The van der Waals surface area contributed by atoms with E-state index in [-0.39, 0.29) is 17.5 Å². The van der Waals surface area contributed by atoms with Gasteiger partial charge in [-0.05, 0) is 25.3 Å². The number of hydrogen-bond donors (Lipinski definition) is 1. The Bertz CT molecular complexity index is 741. The number of fused-ring (bicyclic) bond motifs is 1. The summed E-state index contributed by atoms with van der Waals surface area (Å²) in [6, 6.07) is 0.270. The summed E-state index contributed by atoms with van der Waals surface area (Å²) in [5.74, 6) is -0.0653. The smallest absolute Gasteiger partial charge is 0.262 e. The largest absolute Gasteiger partial charge is 0.349 e. The Morgan fingerprint density at radius 1 is 1.38 bits per heavy atom. The van der Waals surface area contributed by atoms with Crippen LogP contribution in [0.3, 0.4) is 0 Å². The standard InChI is InChI=1S/C15H19N3O2S/c1-9-11-14(16-8-18(2)15(11)20)21-12(9)13(19)17-10-6-4-3-5-7-10/h8,10H,3-7H2,1-2H3,(H,17,19). The van der Waals surface area contributed by atoms with Crippen LogP contribution < -0.4 is 10.9 Å². The summed E-state index contributed by atoms with van der Waals surface area (Å²) in [6.45, 7) is 1.83. The molecule has 2 heterocycles. The number of carbonyl (C=O) groups is 1. The van der Waals surface area contributed by atoms with E-state index in [0.717, 1.165) is 18.4 Å². The van der Waals surface area contributed by atoms with Crippen molar-refractivity contribution in [3.05, 3.63) is 27.1 Å². The molecule has 1 aliphatic carbocycles. The molecule has 0 radical (unpaired) electrons. The molecule has 1 saturated carbocycles. The van der Waals surface area contributed by atoms with Crippen LogP contribution in [0.15, 0.2) is 11.1 Å². The number of rotatable bonds is 2. The molecule has 21 heavy (non-hydrogen) atoms. The van der Waals surface area contributed by atoms with Gasteiger partial charge >= 0.3 is 0 Å². The molecule has 1 aliphatic rings. The summed E-state index contributed by atoms with van der Waals surface area (Å²) in [7, 11) is 1.67. The van der Waals surface area contributed by atoms with Crippen molar-refractivity contribution in [2.75, 3.05) is 0 Å².